The Morgan fingerprint density at radius 1 is 1.40 bits per heavy atom. The van der Waals surface area contributed by atoms with Crippen molar-refractivity contribution in [1.29, 1.82) is 0 Å². The first-order valence-corrected chi connectivity index (χ1v) is 8.35. The highest BCUT2D eigenvalue weighted by Gasteiger charge is 2.28. The molecule has 0 spiro atoms. The summed E-state index contributed by atoms with van der Waals surface area (Å²) >= 11 is 1.46. The fraction of sp³-hybridized carbons (Fsp3) is 0.867. The number of aromatic nitrogens is 2. The molecule has 1 fully saturated rings. The highest BCUT2D eigenvalue weighted by atomic mass is 32.1. The topological polar surface area (TPSA) is 47.0 Å². The van der Waals surface area contributed by atoms with Gasteiger partial charge < -0.3 is 10.1 Å². The molecule has 1 aromatic rings. The number of hydrogen-bond donors (Lipinski definition) is 1. The number of anilines is 1. The molecular formula is C15H27N3OS. The second-order valence-electron chi connectivity index (χ2n) is 7.04. The van der Waals surface area contributed by atoms with Gasteiger partial charge in [-0.05, 0) is 18.8 Å². The maximum Gasteiger partial charge on any atom is 0.202 e. The molecule has 0 amide bonds. The van der Waals surface area contributed by atoms with Gasteiger partial charge in [0.15, 0.2) is 0 Å². The molecule has 114 valence electrons. The first-order chi connectivity index (χ1) is 9.38. The highest BCUT2D eigenvalue weighted by molar-refractivity contribution is 7.09. The molecule has 1 saturated heterocycles. The molecule has 0 aliphatic carbocycles. The lowest BCUT2D eigenvalue weighted by Crippen LogP contribution is -2.37. The molecule has 0 radical (unpaired) electrons. The van der Waals surface area contributed by atoms with Crippen LogP contribution in [-0.4, -0.2) is 28.6 Å². The molecule has 2 atom stereocenters. The molecule has 1 aliphatic heterocycles. The van der Waals surface area contributed by atoms with E-state index in [0.717, 1.165) is 24.1 Å². The van der Waals surface area contributed by atoms with E-state index in [-0.39, 0.29) is 5.41 Å². The molecule has 0 aromatic carbocycles. The molecule has 5 heteroatoms. The Hall–Kier alpha value is -0.680. The summed E-state index contributed by atoms with van der Waals surface area (Å²) < 4.78 is 10.4. The van der Waals surface area contributed by atoms with Gasteiger partial charge in [-0.2, -0.15) is 4.37 Å². The minimum absolute atomic E-state index is 0.0187. The molecule has 1 aromatic heterocycles. The van der Waals surface area contributed by atoms with Crippen molar-refractivity contribution < 1.29 is 4.74 Å². The lowest BCUT2D eigenvalue weighted by molar-refractivity contribution is -0.0480. The third-order valence-corrected chi connectivity index (χ3v) is 4.44. The van der Waals surface area contributed by atoms with Crippen LogP contribution in [0.1, 0.15) is 53.3 Å². The number of ether oxygens (including phenoxy) is 1. The third kappa shape index (κ3) is 3.92. The summed E-state index contributed by atoms with van der Waals surface area (Å²) in [7, 11) is 0. The van der Waals surface area contributed by atoms with Crippen LogP contribution in [0.5, 0.6) is 0 Å². The van der Waals surface area contributed by atoms with Crippen molar-refractivity contribution in [1.82, 2.24) is 9.36 Å². The maximum atomic E-state index is 5.93. The van der Waals surface area contributed by atoms with Crippen molar-refractivity contribution in [2.24, 2.45) is 11.8 Å². The van der Waals surface area contributed by atoms with Gasteiger partial charge in [0.1, 0.15) is 5.82 Å². The zero-order valence-corrected chi connectivity index (χ0v) is 14.1. The molecule has 1 aliphatic rings. The van der Waals surface area contributed by atoms with Crippen LogP contribution in [0.25, 0.3) is 0 Å². The first-order valence-electron chi connectivity index (χ1n) is 7.57. The zero-order chi connectivity index (χ0) is 14.8. The van der Waals surface area contributed by atoms with E-state index in [4.69, 9.17) is 4.74 Å². The van der Waals surface area contributed by atoms with Gasteiger partial charge >= 0.3 is 0 Å². The Morgan fingerprint density at radius 3 is 2.75 bits per heavy atom. The number of rotatable bonds is 4. The Morgan fingerprint density at radius 2 is 2.15 bits per heavy atom. The molecule has 0 saturated carbocycles. The Balaban J connectivity index is 1.92. The van der Waals surface area contributed by atoms with Crippen LogP contribution in [0.2, 0.25) is 0 Å². The van der Waals surface area contributed by atoms with Gasteiger partial charge in [-0.25, -0.2) is 4.98 Å². The molecule has 2 unspecified atom stereocenters. The summed E-state index contributed by atoms with van der Waals surface area (Å²) in [5.74, 6) is 2.07. The van der Waals surface area contributed by atoms with Crippen molar-refractivity contribution in [3.05, 3.63) is 5.82 Å². The molecule has 1 N–H and O–H groups in total. The van der Waals surface area contributed by atoms with Crippen molar-refractivity contribution in [3.63, 3.8) is 0 Å². The Labute approximate surface area is 126 Å². The van der Waals surface area contributed by atoms with E-state index in [0.29, 0.717) is 17.9 Å². The van der Waals surface area contributed by atoms with Gasteiger partial charge in [0, 0.05) is 36.0 Å². The predicted molar refractivity (Wildman–Crippen MR) is 84.4 cm³/mol. The van der Waals surface area contributed by atoms with E-state index in [2.05, 4.69) is 49.3 Å². The second kappa shape index (κ2) is 6.39. The summed E-state index contributed by atoms with van der Waals surface area (Å²) in [4.78, 5) is 4.59. The fourth-order valence-electron chi connectivity index (χ4n) is 2.64. The van der Waals surface area contributed by atoms with Gasteiger partial charge in [0.2, 0.25) is 5.13 Å². The van der Waals surface area contributed by atoms with Crippen LogP contribution in [0.3, 0.4) is 0 Å². The average Bonchev–Trinajstić information content (AvgIpc) is 2.85. The third-order valence-electron chi connectivity index (χ3n) is 3.76. The van der Waals surface area contributed by atoms with Crippen LogP contribution in [0, 0.1) is 11.8 Å². The second-order valence-corrected chi connectivity index (χ2v) is 7.79. The summed E-state index contributed by atoms with van der Waals surface area (Å²) in [6.07, 6.45) is 2.77. The minimum Gasteiger partial charge on any atom is -0.378 e. The van der Waals surface area contributed by atoms with Crippen molar-refractivity contribution in [2.45, 2.75) is 59.0 Å². The van der Waals surface area contributed by atoms with E-state index in [9.17, 15) is 0 Å². The number of nitrogens with zero attached hydrogens (tertiary/aromatic N) is 2. The first kappa shape index (κ1) is 15.7. The smallest absolute Gasteiger partial charge is 0.202 e. The van der Waals surface area contributed by atoms with Crippen LogP contribution < -0.4 is 5.32 Å². The quantitative estimate of drug-likeness (QED) is 0.920. The van der Waals surface area contributed by atoms with Crippen molar-refractivity contribution >= 4 is 16.7 Å². The lowest BCUT2D eigenvalue weighted by atomic mass is 9.87. The summed E-state index contributed by atoms with van der Waals surface area (Å²) in [5.41, 5.74) is 0.0187. The van der Waals surface area contributed by atoms with Gasteiger partial charge in [-0.15, -0.1) is 0 Å². The summed E-state index contributed by atoms with van der Waals surface area (Å²) in [6.45, 7) is 12.7. The standard InChI is InChI=1S/C15H27N3OS/c1-10(2)12-11(7-6-8-19-12)9-16-14-17-13(18-20-14)15(3,4)5/h10-12H,6-9H2,1-5H3,(H,16,17,18). The minimum atomic E-state index is 0.0187. The Kier molecular flexibility index (Phi) is 5.02. The SMILES string of the molecule is CC(C)C1OCCCC1CNc1nc(C(C)(C)C)ns1. The van der Waals surface area contributed by atoms with Crippen molar-refractivity contribution in [3.8, 4) is 0 Å². The molecule has 20 heavy (non-hydrogen) atoms. The average molecular weight is 297 g/mol. The van der Waals surface area contributed by atoms with E-state index < -0.39 is 0 Å². The Bertz CT molecular complexity index is 425. The van der Waals surface area contributed by atoms with Crippen LogP contribution in [0.4, 0.5) is 5.13 Å². The fourth-order valence-corrected chi connectivity index (χ4v) is 3.40. The number of nitrogens with one attached hydrogen (secondary N) is 1. The normalized spacial score (nSPS) is 24.1. The molecule has 2 heterocycles. The summed E-state index contributed by atoms with van der Waals surface area (Å²) in [6, 6.07) is 0. The van der Waals surface area contributed by atoms with Gasteiger partial charge in [-0.1, -0.05) is 34.6 Å². The molecular weight excluding hydrogens is 270 g/mol. The van der Waals surface area contributed by atoms with Gasteiger partial charge in [0.25, 0.3) is 0 Å². The van der Waals surface area contributed by atoms with E-state index >= 15 is 0 Å². The van der Waals surface area contributed by atoms with Crippen LogP contribution >= 0.6 is 11.5 Å². The predicted octanol–water partition coefficient (Wildman–Crippen LogP) is 3.70. The highest BCUT2D eigenvalue weighted by Crippen LogP contribution is 2.28. The van der Waals surface area contributed by atoms with E-state index in [1.807, 2.05) is 0 Å². The lowest BCUT2D eigenvalue weighted by Gasteiger charge is -2.34. The zero-order valence-electron chi connectivity index (χ0n) is 13.3. The van der Waals surface area contributed by atoms with E-state index in [1.165, 1.54) is 24.4 Å². The molecule has 0 bridgehead atoms. The van der Waals surface area contributed by atoms with Crippen LogP contribution in [0.15, 0.2) is 0 Å². The van der Waals surface area contributed by atoms with Crippen LogP contribution in [-0.2, 0) is 10.2 Å². The number of hydrogen-bond acceptors (Lipinski definition) is 5. The van der Waals surface area contributed by atoms with Gasteiger partial charge in [-0.3, -0.25) is 0 Å². The molecule has 4 nitrogen and oxygen atoms in total. The van der Waals surface area contributed by atoms with Gasteiger partial charge in [0.05, 0.1) is 6.10 Å². The monoisotopic (exact) mass is 297 g/mol. The largest absolute Gasteiger partial charge is 0.378 e. The van der Waals surface area contributed by atoms with Crippen molar-refractivity contribution in [2.75, 3.05) is 18.5 Å². The molecule has 2 rings (SSSR count). The maximum absolute atomic E-state index is 5.93. The van der Waals surface area contributed by atoms with E-state index in [1.54, 1.807) is 0 Å². The summed E-state index contributed by atoms with van der Waals surface area (Å²) in [5, 5.41) is 4.39.